The molecule has 64 valence electrons. The van der Waals surface area contributed by atoms with E-state index in [2.05, 4.69) is 5.48 Å². The summed E-state index contributed by atoms with van der Waals surface area (Å²) in [6.45, 7) is 3.39. The molecule has 1 N–H and O–H groups in total. The molecule has 0 bridgehead atoms. The molecule has 0 atom stereocenters. The highest BCUT2D eigenvalue weighted by molar-refractivity contribution is 5.71. The van der Waals surface area contributed by atoms with Gasteiger partial charge in [0.2, 0.25) is 5.91 Å². The predicted octanol–water partition coefficient (Wildman–Crippen LogP) is 1.42. The quantitative estimate of drug-likeness (QED) is 0.673. The van der Waals surface area contributed by atoms with Gasteiger partial charge in [-0.3, -0.25) is 4.79 Å². The van der Waals surface area contributed by atoms with Gasteiger partial charge in [-0.1, -0.05) is 17.7 Å². The Hall–Kier alpha value is -1.51. The number of carbonyl (C=O) groups is 1. The van der Waals surface area contributed by atoms with Crippen molar-refractivity contribution in [2.75, 3.05) is 0 Å². The molecule has 3 nitrogen and oxygen atoms in total. The summed E-state index contributed by atoms with van der Waals surface area (Å²) < 4.78 is 0. The Bertz CT molecular complexity index is 266. The molecule has 0 unspecified atom stereocenters. The lowest BCUT2D eigenvalue weighted by atomic mass is 10.2. The maximum Gasteiger partial charge on any atom is 0.249 e. The monoisotopic (exact) mass is 165 g/mol. The first-order valence-corrected chi connectivity index (χ1v) is 3.68. The van der Waals surface area contributed by atoms with Gasteiger partial charge in [0.05, 0.1) is 0 Å². The van der Waals surface area contributed by atoms with E-state index in [1.165, 1.54) is 6.92 Å². The van der Waals surface area contributed by atoms with E-state index in [1.807, 2.05) is 19.1 Å². The number of benzene rings is 1. The van der Waals surface area contributed by atoms with Crippen molar-refractivity contribution in [3.63, 3.8) is 0 Å². The third-order valence-corrected chi connectivity index (χ3v) is 1.33. The van der Waals surface area contributed by atoms with E-state index < -0.39 is 0 Å². The van der Waals surface area contributed by atoms with E-state index >= 15 is 0 Å². The van der Waals surface area contributed by atoms with Crippen LogP contribution in [0.25, 0.3) is 0 Å². The normalized spacial score (nSPS) is 9.17. The molecule has 12 heavy (non-hydrogen) atoms. The van der Waals surface area contributed by atoms with Crippen LogP contribution in [0.1, 0.15) is 12.5 Å². The number of amides is 1. The second kappa shape index (κ2) is 3.76. The van der Waals surface area contributed by atoms with Gasteiger partial charge in [-0.25, -0.2) is 0 Å². The first-order chi connectivity index (χ1) is 5.68. The third-order valence-electron chi connectivity index (χ3n) is 1.33. The van der Waals surface area contributed by atoms with Crippen LogP contribution >= 0.6 is 0 Å². The number of nitrogens with one attached hydrogen (secondary N) is 1. The van der Waals surface area contributed by atoms with Crippen LogP contribution in [0.5, 0.6) is 5.75 Å². The van der Waals surface area contributed by atoms with Gasteiger partial charge >= 0.3 is 0 Å². The average Bonchev–Trinajstić information content (AvgIpc) is 2.03. The molecule has 1 aromatic carbocycles. The molecular formula is C9H11NO2. The van der Waals surface area contributed by atoms with Crippen LogP contribution in [0, 0.1) is 6.92 Å². The molecular weight excluding hydrogens is 154 g/mol. The minimum absolute atomic E-state index is 0.212. The lowest BCUT2D eigenvalue weighted by Gasteiger charge is -2.03. The van der Waals surface area contributed by atoms with Gasteiger partial charge in [0.25, 0.3) is 0 Å². The minimum Gasteiger partial charge on any atom is -0.380 e. The van der Waals surface area contributed by atoms with Crippen LogP contribution in [-0.4, -0.2) is 5.91 Å². The smallest absolute Gasteiger partial charge is 0.249 e. The molecule has 0 radical (unpaired) electrons. The number of hydrogen-bond acceptors (Lipinski definition) is 2. The largest absolute Gasteiger partial charge is 0.380 e. The minimum atomic E-state index is -0.212. The van der Waals surface area contributed by atoms with Crippen LogP contribution in [0.2, 0.25) is 0 Å². The fourth-order valence-corrected chi connectivity index (χ4v) is 0.737. The molecule has 1 rings (SSSR count). The van der Waals surface area contributed by atoms with Gasteiger partial charge in [0, 0.05) is 6.92 Å². The Balaban J connectivity index is 2.53. The molecule has 0 saturated heterocycles. The molecule has 0 aliphatic carbocycles. The average molecular weight is 165 g/mol. The zero-order valence-electron chi connectivity index (χ0n) is 7.13. The number of aryl methyl sites for hydroxylation is 1. The zero-order chi connectivity index (χ0) is 8.97. The van der Waals surface area contributed by atoms with Crippen molar-refractivity contribution in [2.24, 2.45) is 0 Å². The molecule has 0 heterocycles. The molecule has 0 aliphatic rings. The van der Waals surface area contributed by atoms with Crippen LogP contribution in [-0.2, 0) is 4.79 Å². The summed E-state index contributed by atoms with van der Waals surface area (Å²) in [6, 6.07) is 7.42. The highest BCUT2D eigenvalue weighted by Gasteiger charge is 1.93. The van der Waals surface area contributed by atoms with Crippen LogP contribution < -0.4 is 10.3 Å². The third kappa shape index (κ3) is 2.62. The first-order valence-electron chi connectivity index (χ1n) is 3.68. The second-order valence-corrected chi connectivity index (χ2v) is 2.57. The molecule has 0 aliphatic heterocycles. The Kier molecular flexibility index (Phi) is 2.69. The molecule has 0 aromatic heterocycles. The molecule has 3 heteroatoms. The van der Waals surface area contributed by atoms with Crippen molar-refractivity contribution >= 4 is 5.91 Å². The molecule has 0 spiro atoms. The van der Waals surface area contributed by atoms with Gasteiger partial charge in [-0.05, 0) is 19.1 Å². The van der Waals surface area contributed by atoms with E-state index in [9.17, 15) is 4.79 Å². The molecule has 1 amide bonds. The van der Waals surface area contributed by atoms with E-state index in [1.54, 1.807) is 12.1 Å². The summed E-state index contributed by atoms with van der Waals surface area (Å²) in [4.78, 5) is 15.4. The second-order valence-electron chi connectivity index (χ2n) is 2.57. The molecule has 1 aromatic rings. The summed E-state index contributed by atoms with van der Waals surface area (Å²) in [6.07, 6.45) is 0. The van der Waals surface area contributed by atoms with Crippen LogP contribution in [0.4, 0.5) is 0 Å². The van der Waals surface area contributed by atoms with Gasteiger partial charge in [-0.2, -0.15) is 5.48 Å². The highest BCUT2D eigenvalue weighted by Crippen LogP contribution is 2.09. The van der Waals surface area contributed by atoms with E-state index in [4.69, 9.17) is 4.84 Å². The zero-order valence-corrected chi connectivity index (χ0v) is 7.13. The topological polar surface area (TPSA) is 38.3 Å². The number of rotatable bonds is 2. The fourth-order valence-electron chi connectivity index (χ4n) is 0.737. The molecule has 0 fully saturated rings. The van der Waals surface area contributed by atoms with Crippen molar-refractivity contribution in [3.05, 3.63) is 29.8 Å². The first kappa shape index (κ1) is 8.59. The van der Waals surface area contributed by atoms with Crippen LogP contribution in [0.3, 0.4) is 0 Å². The number of carbonyl (C=O) groups excluding carboxylic acids is 1. The summed E-state index contributed by atoms with van der Waals surface area (Å²) >= 11 is 0. The lowest BCUT2D eigenvalue weighted by molar-refractivity contribution is -0.125. The summed E-state index contributed by atoms with van der Waals surface area (Å²) in [5, 5.41) is 0. The van der Waals surface area contributed by atoms with Gasteiger partial charge in [0.15, 0.2) is 5.75 Å². The van der Waals surface area contributed by atoms with Gasteiger partial charge in [0.1, 0.15) is 0 Å². The SMILES string of the molecule is CC(=O)NOc1ccc(C)cc1. The van der Waals surface area contributed by atoms with E-state index in [0.29, 0.717) is 5.75 Å². The lowest BCUT2D eigenvalue weighted by Crippen LogP contribution is -2.23. The van der Waals surface area contributed by atoms with Gasteiger partial charge in [-0.15, -0.1) is 0 Å². The Labute approximate surface area is 71.3 Å². The van der Waals surface area contributed by atoms with E-state index in [-0.39, 0.29) is 5.91 Å². The maximum atomic E-state index is 10.4. The Morgan fingerprint density at radius 1 is 1.33 bits per heavy atom. The van der Waals surface area contributed by atoms with Crippen LogP contribution in [0.15, 0.2) is 24.3 Å². The van der Waals surface area contributed by atoms with Crippen molar-refractivity contribution in [1.82, 2.24) is 5.48 Å². The number of hydroxylamine groups is 1. The summed E-state index contributed by atoms with van der Waals surface area (Å²) in [5.41, 5.74) is 3.40. The summed E-state index contributed by atoms with van der Waals surface area (Å²) in [7, 11) is 0. The maximum absolute atomic E-state index is 10.4. The van der Waals surface area contributed by atoms with Gasteiger partial charge < -0.3 is 4.84 Å². The Morgan fingerprint density at radius 3 is 2.42 bits per heavy atom. The summed E-state index contributed by atoms with van der Waals surface area (Å²) in [5.74, 6) is 0.423. The standard InChI is InChI=1S/C9H11NO2/c1-7-3-5-9(6-4-7)12-10-8(2)11/h3-6H,1-2H3,(H,10,11). The predicted molar refractivity (Wildman–Crippen MR) is 45.6 cm³/mol. The van der Waals surface area contributed by atoms with E-state index in [0.717, 1.165) is 5.56 Å². The molecule has 0 saturated carbocycles. The Morgan fingerprint density at radius 2 is 1.92 bits per heavy atom. The van der Waals surface area contributed by atoms with Crippen molar-refractivity contribution in [2.45, 2.75) is 13.8 Å². The van der Waals surface area contributed by atoms with Crippen molar-refractivity contribution in [3.8, 4) is 5.75 Å². The fraction of sp³-hybridized carbons (Fsp3) is 0.222. The van der Waals surface area contributed by atoms with Crippen molar-refractivity contribution in [1.29, 1.82) is 0 Å². The highest BCUT2D eigenvalue weighted by atomic mass is 16.7. The van der Waals surface area contributed by atoms with Crippen molar-refractivity contribution < 1.29 is 9.63 Å². The number of hydrogen-bond donors (Lipinski definition) is 1.